The molecule has 1 aliphatic rings. The van der Waals surface area contributed by atoms with Gasteiger partial charge in [-0.3, -0.25) is 9.69 Å². The number of aliphatic hydroxyl groups excluding tert-OH is 1. The van der Waals surface area contributed by atoms with Gasteiger partial charge in [0.05, 0.1) is 6.61 Å². The second-order valence-electron chi connectivity index (χ2n) is 6.33. The highest BCUT2D eigenvalue weighted by molar-refractivity contribution is 5.88. The standard InChI is InChI=1S/C20H24N2O2/c1-15(24)21-18-9-6-16(7-10-18)14-22(12-13-23)20-11-8-17-4-2-3-5-19(17)20/h2-7,9-10,20,23H,8,11-14H2,1H3,(H,21,24)/t20-/m1/s1. The molecule has 0 radical (unpaired) electrons. The third kappa shape index (κ3) is 3.83. The Morgan fingerprint density at radius 3 is 2.67 bits per heavy atom. The van der Waals surface area contributed by atoms with Crippen molar-refractivity contribution in [2.75, 3.05) is 18.5 Å². The largest absolute Gasteiger partial charge is 0.395 e. The summed E-state index contributed by atoms with van der Waals surface area (Å²) in [5.74, 6) is -0.0628. The third-order valence-electron chi connectivity index (χ3n) is 4.59. The molecule has 1 atom stereocenters. The number of aryl methyl sites for hydroxylation is 1. The molecule has 0 aromatic heterocycles. The highest BCUT2D eigenvalue weighted by Gasteiger charge is 2.27. The predicted octanol–water partition coefficient (Wildman–Crippen LogP) is 3.13. The lowest BCUT2D eigenvalue weighted by Gasteiger charge is -2.29. The SMILES string of the molecule is CC(=O)Nc1ccc(CN(CCO)[C@@H]2CCc3ccccc32)cc1. The summed E-state index contributed by atoms with van der Waals surface area (Å²) < 4.78 is 0. The van der Waals surface area contributed by atoms with Crippen LogP contribution >= 0.6 is 0 Å². The van der Waals surface area contributed by atoms with Crippen LogP contribution in [-0.4, -0.2) is 29.1 Å². The molecular weight excluding hydrogens is 300 g/mol. The van der Waals surface area contributed by atoms with E-state index in [1.54, 1.807) is 0 Å². The molecule has 2 N–H and O–H groups in total. The summed E-state index contributed by atoms with van der Waals surface area (Å²) in [6, 6.07) is 16.9. The lowest BCUT2D eigenvalue weighted by molar-refractivity contribution is -0.114. The maximum atomic E-state index is 11.1. The van der Waals surface area contributed by atoms with Crippen LogP contribution in [-0.2, 0) is 17.8 Å². The first-order valence-electron chi connectivity index (χ1n) is 8.46. The number of nitrogens with one attached hydrogen (secondary N) is 1. The van der Waals surface area contributed by atoms with Crippen LogP contribution < -0.4 is 5.32 Å². The Balaban J connectivity index is 1.74. The van der Waals surface area contributed by atoms with Gasteiger partial charge in [0.2, 0.25) is 5.91 Å². The van der Waals surface area contributed by atoms with E-state index < -0.39 is 0 Å². The maximum absolute atomic E-state index is 11.1. The van der Waals surface area contributed by atoms with Gasteiger partial charge >= 0.3 is 0 Å². The summed E-state index contributed by atoms with van der Waals surface area (Å²) in [5, 5.41) is 12.3. The number of benzene rings is 2. The fourth-order valence-electron chi connectivity index (χ4n) is 3.52. The Kier molecular flexibility index (Phi) is 5.28. The molecule has 126 valence electrons. The van der Waals surface area contributed by atoms with E-state index >= 15 is 0 Å². The van der Waals surface area contributed by atoms with Gasteiger partial charge in [0.15, 0.2) is 0 Å². The molecule has 24 heavy (non-hydrogen) atoms. The second-order valence-corrected chi connectivity index (χ2v) is 6.33. The molecule has 2 aromatic rings. The summed E-state index contributed by atoms with van der Waals surface area (Å²) >= 11 is 0. The molecule has 0 unspecified atom stereocenters. The molecule has 0 fully saturated rings. The van der Waals surface area contributed by atoms with Crippen molar-refractivity contribution in [1.29, 1.82) is 0 Å². The summed E-state index contributed by atoms with van der Waals surface area (Å²) in [7, 11) is 0. The molecule has 1 amide bonds. The normalized spacial score (nSPS) is 16.2. The number of aliphatic hydroxyl groups is 1. The Morgan fingerprint density at radius 2 is 1.96 bits per heavy atom. The minimum absolute atomic E-state index is 0.0628. The average molecular weight is 324 g/mol. The van der Waals surface area contributed by atoms with E-state index in [-0.39, 0.29) is 12.5 Å². The lowest BCUT2D eigenvalue weighted by Crippen LogP contribution is -2.30. The molecule has 0 saturated carbocycles. The van der Waals surface area contributed by atoms with Crippen molar-refractivity contribution in [3.8, 4) is 0 Å². The van der Waals surface area contributed by atoms with Crippen molar-refractivity contribution >= 4 is 11.6 Å². The van der Waals surface area contributed by atoms with Crippen molar-refractivity contribution in [2.45, 2.75) is 32.4 Å². The second kappa shape index (κ2) is 7.60. The zero-order valence-electron chi connectivity index (χ0n) is 14.0. The number of hydrogen-bond acceptors (Lipinski definition) is 3. The fourth-order valence-corrected chi connectivity index (χ4v) is 3.52. The monoisotopic (exact) mass is 324 g/mol. The first-order chi connectivity index (χ1) is 11.7. The Labute approximate surface area is 143 Å². The van der Waals surface area contributed by atoms with Crippen molar-refractivity contribution in [3.63, 3.8) is 0 Å². The van der Waals surface area contributed by atoms with E-state index in [1.165, 1.54) is 23.6 Å². The summed E-state index contributed by atoms with van der Waals surface area (Å²) in [6.07, 6.45) is 2.20. The minimum atomic E-state index is -0.0628. The van der Waals surface area contributed by atoms with Crippen molar-refractivity contribution < 1.29 is 9.90 Å². The van der Waals surface area contributed by atoms with E-state index in [4.69, 9.17) is 0 Å². The first kappa shape index (κ1) is 16.7. The molecule has 0 spiro atoms. The average Bonchev–Trinajstić information content (AvgIpc) is 3.00. The number of hydrogen-bond donors (Lipinski definition) is 2. The predicted molar refractivity (Wildman–Crippen MR) is 95.7 cm³/mol. The number of amides is 1. The van der Waals surface area contributed by atoms with Gasteiger partial charge in [0.25, 0.3) is 0 Å². The smallest absolute Gasteiger partial charge is 0.221 e. The fraction of sp³-hybridized carbons (Fsp3) is 0.350. The molecule has 3 rings (SSSR count). The number of fused-ring (bicyclic) bond motifs is 1. The zero-order valence-corrected chi connectivity index (χ0v) is 14.0. The van der Waals surface area contributed by atoms with Crippen LogP contribution in [0.25, 0.3) is 0 Å². The van der Waals surface area contributed by atoms with Crippen LogP contribution in [0.4, 0.5) is 5.69 Å². The minimum Gasteiger partial charge on any atom is -0.395 e. The maximum Gasteiger partial charge on any atom is 0.221 e. The van der Waals surface area contributed by atoms with Crippen molar-refractivity contribution in [1.82, 2.24) is 4.90 Å². The molecule has 0 bridgehead atoms. The van der Waals surface area contributed by atoms with Crippen LogP contribution in [0.15, 0.2) is 48.5 Å². The van der Waals surface area contributed by atoms with Crippen LogP contribution in [0.1, 0.15) is 36.1 Å². The first-order valence-corrected chi connectivity index (χ1v) is 8.46. The summed E-state index contributed by atoms with van der Waals surface area (Å²) in [5.41, 5.74) is 4.81. The van der Waals surface area contributed by atoms with Crippen molar-refractivity contribution in [3.05, 3.63) is 65.2 Å². The molecule has 0 saturated heterocycles. The third-order valence-corrected chi connectivity index (χ3v) is 4.59. The van der Waals surface area contributed by atoms with E-state index in [1.807, 2.05) is 24.3 Å². The molecule has 0 heterocycles. The van der Waals surface area contributed by atoms with Gasteiger partial charge in [-0.1, -0.05) is 36.4 Å². The topological polar surface area (TPSA) is 52.6 Å². The lowest BCUT2D eigenvalue weighted by atomic mass is 10.1. The van der Waals surface area contributed by atoms with E-state index in [0.29, 0.717) is 12.6 Å². The zero-order chi connectivity index (χ0) is 16.9. The van der Waals surface area contributed by atoms with Crippen LogP contribution in [0, 0.1) is 0 Å². The molecule has 2 aromatic carbocycles. The van der Waals surface area contributed by atoms with E-state index in [2.05, 4.69) is 34.5 Å². The van der Waals surface area contributed by atoms with Gasteiger partial charge in [-0.2, -0.15) is 0 Å². The number of rotatable bonds is 6. The van der Waals surface area contributed by atoms with Crippen LogP contribution in [0.3, 0.4) is 0 Å². The van der Waals surface area contributed by atoms with Crippen LogP contribution in [0.2, 0.25) is 0 Å². The quantitative estimate of drug-likeness (QED) is 0.858. The molecule has 1 aliphatic carbocycles. The summed E-state index contributed by atoms with van der Waals surface area (Å²) in [4.78, 5) is 13.5. The van der Waals surface area contributed by atoms with Gasteiger partial charge in [-0.05, 0) is 41.7 Å². The number of carbonyl (C=O) groups excluding carboxylic acids is 1. The highest BCUT2D eigenvalue weighted by Crippen LogP contribution is 2.36. The number of anilines is 1. The highest BCUT2D eigenvalue weighted by atomic mass is 16.3. The van der Waals surface area contributed by atoms with Gasteiger partial charge < -0.3 is 10.4 Å². The Bertz CT molecular complexity index is 697. The Hall–Kier alpha value is -2.17. The molecule has 4 nitrogen and oxygen atoms in total. The van der Waals surface area contributed by atoms with Gasteiger partial charge in [0.1, 0.15) is 0 Å². The number of carbonyl (C=O) groups is 1. The Morgan fingerprint density at radius 1 is 1.21 bits per heavy atom. The van der Waals surface area contributed by atoms with Crippen molar-refractivity contribution in [2.24, 2.45) is 0 Å². The molecular formula is C20H24N2O2. The summed E-state index contributed by atoms with van der Waals surface area (Å²) in [6.45, 7) is 3.11. The van der Waals surface area contributed by atoms with E-state index in [9.17, 15) is 9.90 Å². The molecule has 4 heteroatoms. The number of nitrogens with zero attached hydrogens (tertiary/aromatic N) is 1. The molecule has 0 aliphatic heterocycles. The van der Waals surface area contributed by atoms with Gasteiger partial charge in [-0.25, -0.2) is 0 Å². The van der Waals surface area contributed by atoms with Crippen LogP contribution in [0.5, 0.6) is 0 Å². The van der Waals surface area contributed by atoms with Gasteiger partial charge in [0, 0.05) is 31.7 Å². The van der Waals surface area contributed by atoms with E-state index in [0.717, 1.165) is 25.1 Å². The van der Waals surface area contributed by atoms with Gasteiger partial charge in [-0.15, -0.1) is 0 Å².